The molecule has 7 heteroatoms. The van der Waals surface area contributed by atoms with E-state index in [4.69, 9.17) is 9.47 Å². The molecule has 0 fully saturated rings. The van der Waals surface area contributed by atoms with Crippen molar-refractivity contribution in [3.8, 4) is 0 Å². The van der Waals surface area contributed by atoms with Crippen LogP contribution in [0.15, 0.2) is 30.3 Å². The molecule has 2 N–H and O–H groups in total. The summed E-state index contributed by atoms with van der Waals surface area (Å²) in [6.45, 7) is 6.37. The molecule has 132 valence electrons. The van der Waals surface area contributed by atoms with Crippen molar-refractivity contribution in [3.05, 3.63) is 35.9 Å². The van der Waals surface area contributed by atoms with E-state index in [0.717, 1.165) is 5.56 Å². The lowest BCUT2D eigenvalue weighted by Crippen LogP contribution is -2.49. The van der Waals surface area contributed by atoms with Crippen LogP contribution in [0.2, 0.25) is 0 Å². The van der Waals surface area contributed by atoms with Crippen LogP contribution in [-0.2, 0) is 25.7 Å². The molecular formula is C17H23NO6. The van der Waals surface area contributed by atoms with E-state index in [0.29, 0.717) is 0 Å². The van der Waals surface area contributed by atoms with Gasteiger partial charge in [-0.3, -0.25) is 4.79 Å². The fourth-order valence-electron chi connectivity index (χ4n) is 1.83. The topological polar surface area (TPSA) is 102 Å². The first-order chi connectivity index (χ1) is 11.1. The number of rotatable bonds is 6. The third-order valence-corrected chi connectivity index (χ3v) is 3.03. The summed E-state index contributed by atoms with van der Waals surface area (Å²) in [5.74, 6) is -3.13. The summed E-state index contributed by atoms with van der Waals surface area (Å²) < 4.78 is 10.1. The van der Waals surface area contributed by atoms with Crippen LogP contribution in [0.5, 0.6) is 0 Å². The molecule has 0 radical (unpaired) electrons. The summed E-state index contributed by atoms with van der Waals surface area (Å²) in [7, 11) is 0. The smallest absolute Gasteiger partial charge is 0.408 e. The molecule has 0 heterocycles. The van der Waals surface area contributed by atoms with Gasteiger partial charge in [0.05, 0.1) is 5.92 Å². The van der Waals surface area contributed by atoms with Gasteiger partial charge in [0, 0.05) is 0 Å². The number of benzene rings is 1. The zero-order valence-electron chi connectivity index (χ0n) is 14.2. The van der Waals surface area contributed by atoms with E-state index in [1.165, 1.54) is 6.92 Å². The van der Waals surface area contributed by atoms with Crippen LogP contribution in [0.3, 0.4) is 0 Å². The van der Waals surface area contributed by atoms with Gasteiger partial charge in [0.15, 0.2) is 0 Å². The number of amides is 1. The van der Waals surface area contributed by atoms with Crippen LogP contribution in [0.4, 0.5) is 4.79 Å². The number of carboxylic acid groups (broad SMARTS) is 1. The Morgan fingerprint density at radius 3 is 2.25 bits per heavy atom. The average Bonchev–Trinajstić information content (AvgIpc) is 2.48. The number of carboxylic acids is 1. The number of alkyl carbamates (subject to hydrolysis) is 1. The molecule has 0 aromatic heterocycles. The first kappa shape index (κ1) is 19.5. The van der Waals surface area contributed by atoms with Crippen molar-refractivity contribution in [1.29, 1.82) is 0 Å². The monoisotopic (exact) mass is 337 g/mol. The number of carbonyl (C=O) groups is 3. The molecule has 0 unspecified atom stereocenters. The van der Waals surface area contributed by atoms with Gasteiger partial charge in [-0.25, -0.2) is 9.59 Å². The van der Waals surface area contributed by atoms with E-state index in [-0.39, 0.29) is 6.61 Å². The fraction of sp³-hybridized carbons (Fsp3) is 0.471. The van der Waals surface area contributed by atoms with Crippen LogP contribution in [0.1, 0.15) is 33.3 Å². The molecule has 0 aliphatic carbocycles. The highest BCUT2D eigenvalue weighted by atomic mass is 16.6. The second-order valence-corrected chi connectivity index (χ2v) is 6.34. The van der Waals surface area contributed by atoms with E-state index in [9.17, 15) is 19.5 Å². The van der Waals surface area contributed by atoms with E-state index in [1.807, 2.05) is 6.07 Å². The quantitative estimate of drug-likeness (QED) is 0.773. The molecule has 24 heavy (non-hydrogen) atoms. The number of ether oxygens (including phenoxy) is 2. The predicted molar refractivity (Wildman–Crippen MR) is 86.2 cm³/mol. The summed E-state index contributed by atoms with van der Waals surface area (Å²) in [5.41, 5.74) is 0.00881. The highest BCUT2D eigenvalue weighted by molar-refractivity contribution is 5.86. The lowest BCUT2D eigenvalue weighted by atomic mass is 10.0. The molecular weight excluding hydrogens is 314 g/mol. The highest BCUT2D eigenvalue weighted by Crippen LogP contribution is 2.12. The van der Waals surface area contributed by atoms with Gasteiger partial charge in [0.2, 0.25) is 0 Å². The summed E-state index contributed by atoms with van der Waals surface area (Å²) in [4.78, 5) is 35.1. The number of hydrogen-bond acceptors (Lipinski definition) is 5. The molecule has 7 nitrogen and oxygen atoms in total. The Balaban J connectivity index is 2.64. The van der Waals surface area contributed by atoms with Crippen molar-refractivity contribution in [3.63, 3.8) is 0 Å². The zero-order chi connectivity index (χ0) is 18.3. The Morgan fingerprint density at radius 1 is 1.17 bits per heavy atom. The molecule has 1 aromatic carbocycles. The number of hydrogen-bond donors (Lipinski definition) is 2. The van der Waals surface area contributed by atoms with Gasteiger partial charge in [0.1, 0.15) is 18.2 Å². The number of esters is 1. The summed E-state index contributed by atoms with van der Waals surface area (Å²) in [6.07, 6.45) is -0.905. The van der Waals surface area contributed by atoms with Crippen LogP contribution >= 0.6 is 0 Å². The lowest BCUT2D eigenvalue weighted by molar-refractivity contribution is -0.155. The number of carbonyl (C=O) groups excluding carboxylic acids is 2. The Labute approximate surface area is 141 Å². The minimum absolute atomic E-state index is 0.0305. The Bertz CT molecular complexity index is 578. The Hall–Kier alpha value is -2.57. The molecule has 0 saturated carbocycles. The van der Waals surface area contributed by atoms with Crippen LogP contribution in [0.25, 0.3) is 0 Å². The van der Waals surface area contributed by atoms with Crippen LogP contribution in [0, 0.1) is 5.92 Å². The maximum absolute atomic E-state index is 12.1. The molecule has 0 saturated heterocycles. The molecule has 0 spiro atoms. The summed E-state index contributed by atoms with van der Waals surface area (Å²) >= 11 is 0. The molecule has 1 aromatic rings. The standard InChI is InChI=1S/C17H23NO6/c1-11(15(21)23-10-12-8-6-5-7-9-12)13(14(19)20)18-16(22)24-17(2,3)4/h5-9,11,13H,10H2,1-4H3,(H,18,22)(H,19,20)/t11-,13+/m1/s1. The fourth-order valence-corrected chi connectivity index (χ4v) is 1.83. The van der Waals surface area contributed by atoms with E-state index in [1.54, 1.807) is 45.0 Å². The van der Waals surface area contributed by atoms with Crippen molar-refractivity contribution < 1.29 is 29.0 Å². The van der Waals surface area contributed by atoms with Gasteiger partial charge in [-0.15, -0.1) is 0 Å². The second-order valence-electron chi connectivity index (χ2n) is 6.34. The van der Waals surface area contributed by atoms with Crippen molar-refractivity contribution in [2.75, 3.05) is 0 Å². The van der Waals surface area contributed by atoms with Gasteiger partial charge < -0.3 is 19.9 Å². The molecule has 0 bridgehead atoms. The van der Waals surface area contributed by atoms with E-state index >= 15 is 0 Å². The third kappa shape index (κ3) is 6.68. The van der Waals surface area contributed by atoms with Gasteiger partial charge in [-0.2, -0.15) is 0 Å². The molecule has 2 atom stereocenters. The van der Waals surface area contributed by atoms with Crippen molar-refractivity contribution >= 4 is 18.0 Å². The van der Waals surface area contributed by atoms with Gasteiger partial charge in [0.25, 0.3) is 0 Å². The van der Waals surface area contributed by atoms with Crippen molar-refractivity contribution in [2.45, 2.75) is 45.9 Å². The SMILES string of the molecule is C[C@@H](C(=O)OCc1ccccc1)[C@H](NC(=O)OC(C)(C)C)C(=O)O. The van der Waals surface area contributed by atoms with Crippen LogP contribution < -0.4 is 5.32 Å². The maximum atomic E-state index is 12.1. The Kier molecular flexibility index (Phi) is 6.76. The first-order valence-electron chi connectivity index (χ1n) is 7.53. The highest BCUT2D eigenvalue weighted by Gasteiger charge is 2.34. The summed E-state index contributed by atoms with van der Waals surface area (Å²) in [6, 6.07) is 7.56. The maximum Gasteiger partial charge on any atom is 0.408 e. The second kappa shape index (κ2) is 8.33. The van der Waals surface area contributed by atoms with E-state index in [2.05, 4.69) is 5.32 Å². The van der Waals surface area contributed by atoms with Gasteiger partial charge in [-0.1, -0.05) is 30.3 Å². The van der Waals surface area contributed by atoms with Crippen LogP contribution in [-0.4, -0.2) is 34.8 Å². The summed E-state index contributed by atoms with van der Waals surface area (Å²) in [5, 5.41) is 11.4. The number of nitrogens with one attached hydrogen (secondary N) is 1. The molecule has 1 amide bonds. The minimum Gasteiger partial charge on any atom is -0.480 e. The molecule has 1 rings (SSSR count). The predicted octanol–water partition coefficient (Wildman–Crippen LogP) is 2.34. The van der Waals surface area contributed by atoms with Gasteiger partial charge in [-0.05, 0) is 33.3 Å². The van der Waals surface area contributed by atoms with Crippen molar-refractivity contribution in [1.82, 2.24) is 5.32 Å². The van der Waals surface area contributed by atoms with Crippen molar-refractivity contribution in [2.24, 2.45) is 5.92 Å². The van der Waals surface area contributed by atoms with Gasteiger partial charge >= 0.3 is 18.0 Å². The average molecular weight is 337 g/mol. The first-order valence-corrected chi connectivity index (χ1v) is 7.53. The molecule has 0 aliphatic rings. The third-order valence-electron chi connectivity index (χ3n) is 3.03. The van der Waals surface area contributed by atoms with E-state index < -0.39 is 35.6 Å². The Morgan fingerprint density at radius 2 is 1.75 bits per heavy atom. The molecule has 0 aliphatic heterocycles. The largest absolute Gasteiger partial charge is 0.480 e. The number of aliphatic carboxylic acids is 1. The normalized spacial score (nSPS) is 13.5. The lowest BCUT2D eigenvalue weighted by Gasteiger charge is -2.24. The zero-order valence-corrected chi connectivity index (χ0v) is 14.2. The minimum atomic E-state index is -1.44.